The molecule has 50 heavy (non-hydrogen) atoms. The molecule has 1 aliphatic rings. The highest BCUT2D eigenvalue weighted by Crippen LogP contribution is 2.41. The van der Waals surface area contributed by atoms with Crippen molar-refractivity contribution in [1.82, 2.24) is 19.8 Å². The van der Waals surface area contributed by atoms with Gasteiger partial charge in [0.1, 0.15) is 17.3 Å². The number of likely N-dealkylation sites (N-methyl/N-ethyl adjacent to an activating group) is 1. The van der Waals surface area contributed by atoms with Gasteiger partial charge >= 0.3 is 6.09 Å². The Bertz CT molecular complexity index is 1500. The topological polar surface area (TPSA) is 120 Å². The number of amides is 1. The van der Waals surface area contributed by atoms with Gasteiger partial charge in [0.25, 0.3) is 0 Å². The molecule has 1 N–H and O–H groups in total. The standard InChI is InChI=1S/C37H54N6O7/c1-27(2)12-9-8-10-22-50-37(44)43(30-14-13-29(45-4)26-31(30)46-5)34-15-16-38-36(40-34)39-28-24-32(47-6)35(48-7)33(25-28)49-23-11-17-42-20-18-41(3)19-21-42/h13-16,24-27H,8-12,17-23H2,1-7H3,(H,38,39,40). The molecule has 13 heteroatoms. The summed E-state index contributed by atoms with van der Waals surface area (Å²) in [5.74, 6) is 3.70. The van der Waals surface area contributed by atoms with Crippen LogP contribution >= 0.6 is 0 Å². The number of methoxy groups -OCH3 is 4. The average Bonchev–Trinajstić information content (AvgIpc) is 3.12. The molecule has 0 atom stereocenters. The third-order valence-electron chi connectivity index (χ3n) is 8.50. The quantitative estimate of drug-likeness (QED) is 0.134. The number of benzene rings is 2. The van der Waals surface area contributed by atoms with Crippen molar-refractivity contribution in [3.63, 3.8) is 0 Å². The molecule has 1 fully saturated rings. The molecule has 0 unspecified atom stereocenters. The van der Waals surface area contributed by atoms with Crippen molar-refractivity contribution in [2.75, 3.05) is 91.6 Å². The third kappa shape index (κ3) is 11.0. The van der Waals surface area contributed by atoms with Crippen molar-refractivity contribution >= 4 is 29.2 Å². The Morgan fingerprint density at radius 3 is 2.32 bits per heavy atom. The lowest BCUT2D eigenvalue weighted by molar-refractivity contribution is 0.145. The van der Waals surface area contributed by atoms with Crippen LogP contribution in [-0.4, -0.2) is 107 Å². The number of hydrogen-bond donors (Lipinski definition) is 1. The molecule has 274 valence electrons. The minimum atomic E-state index is -0.583. The van der Waals surface area contributed by atoms with Crippen LogP contribution in [0.5, 0.6) is 28.7 Å². The van der Waals surface area contributed by atoms with E-state index in [9.17, 15) is 4.79 Å². The Balaban J connectivity index is 1.53. The Kier molecular flexibility index (Phi) is 15.0. The van der Waals surface area contributed by atoms with E-state index < -0.39 is 6.09 Å². The van der Waals surface area contributed by atoms with Gasteiger partial charge in [0.05, 0.1) is 47.3 Å². The summed E-state index contributed by atoms with van der Waals surface area (Å²) in [6.07, 6.45) is 5.84. The maximum absolute atomic E-state index is 13.7. The van der Waals surface area contributed by atoms with Crippen LogP contribution in [0, 0.1) is 5.92 Å². The molecule has 1 aliphatic heterocycles. The van der Waals surface area contributed by atoms with Crippen LogP contribution in [0.25, 0.3) is 0 Å². The molecule has 2 aromatic carbocycles. The minimum Gasteiger partial charge on any atom is -0.497 e. The Hall–Kier alpha value is -4.49. The summed E-state index contributed by atoms with van der Waals surface area (Å²) in [5.41, 5.74) is 1.06. The van der Waals surface area contributed by atoms with Crippen molar-refractivity contribution in [1.29, 1.82) is 0 Å². The monoisotopic (exact) mass is 694 g/mol. The average molecular weight is 695 g/mol. The first kappa shape index (κ1) is 38.3. The van der Waals surface area contributed by atoms with Crippen LogP contribution in [0.1, 0.15) is 46.0 Å². The van der Waals surface area contributed by atoms with Crippen molar-refractivity contribution in [2.45, 2.75) is 46.0 Å². The van der Waals surface area contributed by atoms with E-state index in [2.05, 4.69) is 41.0 Å². The summed E-state index contributed by atoms with van der Waals surface area (Å²) in [6, 6.07) is 10.4. The van der Waals surface area contributed by atoms with Crippen molar-refractivity contribution < 1.29 is 33.2 Å². The van der Waals surface area contributed by atoms with Crippen LogP contribution in [-0.2, 0) is 4.74 Å². The first-order valence-corrected chi connectivity index (χ1v) is 17.3. The summed E-state index contributed by atoms with van der Waals surface area (Å²) >= 11 is 0. The molecule has 0 aliphatic carbocycles. The molecule has 0 saturated carbocycles. The predicted molar refractivity (Wildman–Crippen MR) is 195 cm³/mol. The normalized spacial score (nSPS) is 13.5. The smallest absolute Gasteiger partial charge is 0.420 e. The summed E-state index contributed by atoms with van der Waals surface area (Å²) in [7, 11) is 8.42. The fourth-order valence-corrected chi connectivity index (χ4v) is 5.65. The van der Waals surface area contributed by atoms with E-state index in [-0.39, 0.29) is 18.4 Å². The molecule has 0 radical (unpaired) electrons. The number of nitrogens with zero attached hydrogens (tertiary/aromatic N) is 5. The fourth-order valence-electron chi connectivity index (χ4n) is 5.65. The van der Waals surface area contributed by atoms with Gasteiger partial charge in [0.2, 0.25) is 11.7 Å². The lowest BCUT2D eigenvalue weighted by atomic mass is 10.1. The van der Waals surface area contributed by atoms with Crippen LogP contribution in [0.4, 0.5) is 27.9 Å². The largest absolute Gasteiger partial charge is 0.497 e. The van der Waals surface area contributed by atoms with Crippen LogP contribution in [0.2, 0.25) is 0 Å². The number of unbranched alkanes of at least 4 members (excludes halogenated alkanes) is 2. The van der Waals surface area contributed by atoms with Gasteiger partial charge in [-0.05, 0) is 37.9 Å². The van der Waals surface area contributed by atoms with Crippen LogP contribution < -0.4 is 33.9 Å². The van der Waals surface area contributed by atoms with Crippen molar-refractivity contribution in [3.8, 4) is 28.7 Å². The first-order chi connectivity index (χ1) is 24.3. The molecule has 1 aromatic heterocycles. The maximum atomic E-state index is 13.7. The second kappa shape index (κ2) is 19.6. The number of nitrogens with one attached hydrogen (secondary N) is 1. The van der Waals surface area contributed by atoms with Crippen molar-refractivity contribution in [2.24, 2.45) is 5.92 Å². The van der Waals surface area contributed by atoms with Gasteiger partial charge in [-0.25, -0.2) is 14.7 Å². The second-order valence-electron chi connectivity index (χ2n) is 12.7. The predicted octanol–water partition coefficient (Wildman–Crippen LogP) is 6.76. The molecule has 3 aromatic rings. The number of aromatic nitrogens is 2. The van der Waals surface area contributed by atoms with E-state index in [0.717, 1.165) is 64.8 Å². The van der Waals surface area contributed by atoms with E-state index in [0.29, 0.717) is 52.6 Å². The SMILES string of the molecule is COc1ccc(N(C(=O)OCCCCCC(C)C)c2ccnc(Nc3cc(OC)c(OC)c(OCCCN4CCN(C)CC4)c3)n2)c(OC)c1. The Labute approximate surface area is 296 Å². The minimum absolute atomic E-state index is 0.245. The highest BCUT2D eigenvalue weighted by atomic mass is 16.6. The molecule has 13 nitrogen and oxygen atoms in total. The number of carbonyl (C=O) groups excluding carboxylic acids is 1. The zero-order valence-electron chi connectivity index (χ0n) is 30.7. The van der Waals surface area contributed by atoms with Crippen LogP contribution in [0.15, 0.2) is 42.6 Å². The highest BCUT2D eigenvalue weighted by molar-refractivity contribution is 5.97. The van der Waals surface area contributed by atoms with Gasteiger partial charge in [0.15, 0.2) is 11.5 Å². The molecular formula is C37H54N6O7. The summed E-state index contributed by atoms with van der Waals surface area (Å²) in [5, 5.41) is 3.24. The molecule has 0 spiro atoms. The number of carbonyl (C=O) groups is 1. The highest BCUT2D eigenvalue weighted by Gasteiger charge is 2.26. The zero-order chi connectivity index (χ0) is 35.9. The summed E-state index contributed by atoms with van der Waals surface area (Å²) < 4.78 is 34.3. The molecule has 1 amide bonds. The number of rotatable bonds is 19. The summed E-state index contributed by atoms with van der Waals surface area (Å²) in [4.78, 5) is 29.0. The van der Waals surface area contributed by atoms with Gasteiger partial charge in [-0.1, -0.05) is 33.1 Å². The molecule has 2 heterocycles. The molecule has 1 saturated heterocycles. The lowest BCUT2D eigenvalue weighted by Crippen LogP contribution is -2.44. The second-order valence-corrected chi connectivity index (χ2v) is 12.7. The van der Waals surface area contributed by atoms with Gasteiger partial charge in [-0.3, -0.25) is 0 Å². The van der Waals surface area contributed by atoms with Gasteiger partial charge in [-0.15, -0.1) is 0 Å². The lowest BCUT2D eigenvalue weighted by Gasteiger charge is -2.32. The van der Waals surface area contributed by atoms with Crippen molar-refractivity contribution in [3.05, 3.63) is 42.6 Å². The van der Waals surface area contributed by atoms with Gasteiger partial charge < -0.3 is 43.5 Å². The molecule has 4 rings (SSSR count). The maximum Gasteiger partial charge on any atom is 0.420 e. The Morgan fingerprint density at radius 1 is 0.860 bits per heavy atom. The number of hydrogen-bond acceptors (Lipinski definition) is 12. The van der Waals surface area contributed by atoms with E-state index in [4.69, 9.17) is 33.4 Å². The number of ether oxygens (including phenoxy) is 6. The first-order valence-electron chi connectivity index (χ1n) is 17.3. The van der Waals surface area contributed by atoms with Gasteiger partial charge in [0, 0.05) is 68.9 Å². The third-order valence-corrected chi connectivity index (χ3v) is 8.50. The molecule has 0 bridgehead atoms. The number of piperazine rings is 1. The van der Waals surface area contributed by atoms with Gasteiger partial charge in [-0.2, -0.15) is 4.98 Å². The van der Waals surface area contributed by atoms with E-state index >= 15 is 0 Å². The fraction of sp³-hybridized carbons (Fsp3) is 0.541. The van der Waals surface area contributed by atoms with E-state index in [1.165, 1.54) is 12.0 Å². The van der Waals surface area contributed by atoms with Crippen LogP contribution in [0.3, 0.4) is 0 Å². The van der Waals surface area contributed by atoms with E-state index in [1.54, 1.807) is 57.9 Å². The zero-order valence-corrected chi connectivity index (χ0v) is 30.7. The summed E-state index contributed by atoms with van der Waals surface area (Å²) in [6.45, 7) is 10.5. The number of anilines is 4. The Morgan fingerprint density at radius 2 is 1.62 bits per heavy atom. The van der Waals surface area contributed by atoms with E-state index in [1.807, 2.05) is 6.07 Å². The molecular weight excluding hydrogens is 640 g/mol.